The van der Waals surface area contributed by atoms with Gasteiger partial charge in [0.25, 0.3) is 0 Å². The van der Waals surface area contributed by atoms with Crippen LogP contribution < -0.4 is 0 Å². The fourth-order valence-electron chi connectivity index (χ4n) is 7.96. The van der Waals surface area contributed by atoms with Crippen molar-refractivity contribution in [3.8, 4) is 0 Å². The molecule has 2 N–H and O–H groups in total. The topological polar surface area (TPSA) is 83.8 Å². The van der Waals surface area contributed by atoms with Gasteiger partial charge in [-0.3, -0.25) is 4.79 Å². The van der Waals surface area contributed by atoms with Crippen LogP contribution in [0.4, 0.5) is 4.39 Å². The van der Waals surface area contributed by atoms with Crippen molar-refractivity contribution in [3.05, 3.63) is 23.8 Å². The van der Waals surface area contributed by atoms with Gasteiger partial charge in [-0.05, 0) is 66.6 Å². The Labute approximate surface area is 190 Å². The molecule has 4 aliphatic carbocycles. The number of unbranched alkanes of at least 4 members (excludes halogenated alkanes) is 1. The number of ketones is 1. The van der Waals surface area contributed by atoms with Crippen LogP contribution in [-0.4, -0.2) is 47.0 Å². The number of ether oxygens (including phenoxy) is 1. The van der Waals surface area contributed by atoms with Crippen LogP contribution in [0.2, 0.25) is 0 Å². The number of carbonyl (C=O) groups excluding carboxylic acids is 2. The van der Waals surface area contributed by atoms with Gasteiger partial charge in [0, 0.05) is 17.3 Å². The van der Waals surface area contributed by atoms with Crippen molar-refractivity contribution in [1.82, 2.24) is 0 Å². The van der Waals surface area contributed by atoms with Crippen molar-refractivity contribution in [2.75, 3.05) is 6.61 Å². The molecule has 0 spiro atoms. The molecule has 32 heavy (non-hydrogen) atoms. The van der Waals surface area contributed by atoms with Crippen LogP contribution in [0.3, 0.4) is 0 Å². The first-order chi connectivity index (χ1) is 15.0. The molecule has 5 nitrogen and oxygen atoms in total. The number of aliphatic hydroxyl groups excluding tert-OH is 2. The quantitative estimate of drug-likeness (QED) is 0.494. The summed E-state index contributed by atoms with van der Waals surface area (Å²) in [4.78, 5) is 24.5. The van der Waals surface area contributed by atoms with E-state index in [1.807, 2.05) is 20.8 Å². The first-order valence-electron chi connectivity index (χ1n) is 12.2. The summed E-state index contributed by atoms with van der Waals surface area (Å²) in [6.45, 7) is 8.33. The van der Waals surface area contributed by atoms with Crippen LogP contribution >= 0.6 is 0 Å². The minimum atomic E-state index is -1.25. The minimum absolute atomic E-state index is 0.0518. The van der Waals surface area contributed by atoms with Crippen LogP contribution in [0.25, 0.3) is 0 Å². The molecule has 0 amide bonds. The third kappa shape index (κ3) is 3.49. The predicted molar refractivity (Wildman–Crippen MR) is 118 cm³/mol. The van der Waals surface area contributed by atoms with E-state index in [2.05, 4.69) is 6.92 Å². The summed E-state index contributed by atoms with van der Waals surface area (Å²) >= 11 is 0. The Bertz CT molecular complexity index is 836. The van der Waals surface area contributed by atoms with E-state index in [0.29, 0.717) is 18.6 Å². The smallest absolute Gasteiger partial charge is 0.335 e. The van der Waals surface area contributed by atoms with E-state index in [9.17, 15) is 19.8 Å². The maximum atomic E-state index is 15.4. The summed E-state index contributed by atoms with van der Waals surface area (Å²) in [6, 6.07) is 0. The number of hydrogen-bond acceptors (Lipinski definition) is 5. The molecule has 178 valence electrons. The monoisotopic (exact) mass is 448 g/mol. The summed E-state index contributed by atoms with van der Waals surface area (Å²) in [5, 5.41) is 22.4. The second-order valence-corrected chi connectivity index (χ2v) is 11.1. The molecule has 6 heteroatoms. The van der Waals surface area contributed by atoms with Crippen LogP contribution in [0.15, 0.2) is 23.8 Å². The van der Waals surface area contributed by atoms with E-state index in [1.54, 1.807) is 6.08 Å². The maximum Gasteiger partial charge on any atom is 0.335 e. The highest BCUT2D eigenvalue weighted by molar-refractivity contribution is 6.01. The second-order valence-electron chi connectivity index (χ2n) is 11.1. The number of allylic oxidation sites excluding steroid dienone is 4. The van der Waals surface area contributed by atoms with E-state index >= 15 is 4.39 Å². The number of esters is 1. The molecule has 0 bridgehead atoms. The van der Waals surface area contributed by atoms with Gasteiger partial charge in [-0.25, -0.2) is 9.18 Å². The van der Waals surface area contributed by atoms with E-state index in [4.69, 9.17) is 4.74 Å². The van der Waals surface area contributed by atoms with Gasteiger partial charge >= 0.3 is 5.97 Å². The van der Waals surface area contributed by atoms with Crippen molar-refractivity contribution >= 4 is 11.8 Å². The van der Waals surface area contributed by atoms with E-state index in [0.717, 1.165) is 19.3 Å². The third-order valence-corrected chi connectivity index (χ3v) is 9.24. The fraction of sp³-hybridized carbons (Fsp3) is 0.769. The Balaban J connectivity index is 1.64. The van der Waals surface area contributed by atoms with Crippen molar-refractivity contribution in [2.45, 2.75) is 78.2 Å². The van der Waals surface area contributed by atoms with Crippen molar-refractivity contribution in [1.29, 1.82) is 0 Å². The molecular formula is C26H37FO5. The molecule has 4 aliphatic rings. The summed E-state index contributed by atoms with van der Waals surface area (Å²) in [6.07, 6.45) is 4.64. The van der Waals surface area contributed by atoms with E-state index in [1.165, 1.54) is 12.2 Å². The minimum Gasteiger partial charge on any atom is -0.464 e. The highest BCUT2D eigenvalue weighted by Crippen LogP contribution is 2.67. The highest BCUT2D eigenvalue weighted by Gasteiger charge is 2.66. The molecule has 3 saturated carbocycles. The Morgan fingerprint density at radius 3 is 2.75 bits per heavy atom. The Morgan fingerprint density at radius 2 is 2.06 bits per heavy atom. The molecule has 0 heterocycles. The molecule has 4 rings (SSSR count). The Kier molecular flexibility index (Phi) is 6.17. The number of halogens is 1. The van der Waals surface area contributed by atoms with Gasteiger partial charge in [-0.1, -0.05) is 40.2 Å². The Morgan fingerprint density at radius 1 is 1.34 bits per heavy atom. The van der Waals surface area contributed by atoms with Gasteiger partial charge in [-0.2, -0.15) is 0 Å². The maximum absolute atomic E-state index is 15.4. The van der Waals surface area contributed by atoms with Crippen molar-refractivity contribution in [2.24, 2.45) is 40.4 Å². The summed E-state index contributed by atoms with van der Waals surface area (Å²) in [5.41, 5.74) is -0.707. The summed E-state index contributed by atoms with van der Waals surface area (Å²) in [5.74, 6) is -1.28. The fourth-order valence-corrected chi connectivity index (χ4v) is 7.96. The zero-order valence-corrected chi connectivity index (χ0v) is 19.6. The van der Waals surface area contributed by atoms with Gasteiger partial charge in [-0.15, -0.1) is 0 Å². The lowest BCUT2D eigenvalue weighted by atomic mass is 9.46. The lowest BCUT2D eigenvalue weighted by Crippen LogP contribution is -2.59. The molecule has 3 fully saturated rings. The van der Waals surface area contributed by atoms with Crippen LogP contribution in [-0.2, 0) is 14.3 Å². The zero-order chi connectivity index (χ0) is 23.4. The molecule has 0 saturated heterocycles. The summed E-state index contributed by atoms with van der Waals surface area (Å²) in [7, 11) is 0. The first-order valence-corrected chi connectivity index (χ1v) is 12.2. The standard InChI is InChI=1S/C26H37FO5/c1-5-6-9-32-24(31)23(30)21-14(2)10-17-16-12-19(27)18-11-15(28)7-8-25(18,3)22(16)20(29)13-26(17,21)4/h7-8,11,14,16-17,19-23,29-30H,5-6,9-10,12-13H2,1-4H3/t14-,16+,17+,19+,20+,21-,22-,23?,25+,26+/m1/s1. The first kappa shape index (κ1) is 23.6. The molecular weight excluding hydrogens is 411 g/mol. The van der Waals surface area contributed by atoms with Gasteiger partial charge in [0.15, 0.2) is 11.9 Å². The number of fused-ring (bicyclic) bond motifs is 5. The Hall–Kier alpha value is -1.53. The largest absolute Gasteiger partial charge is 0.464 e. The van der Waals surface area contributed by atoms with Gasteiger partial charge in [0.05, 0.1) is 12.7 Å². The molecule has 10 atom stereocenters. The second kappa shape index (κ2) is 8.35. The SMILES string of the molecule is CCCCOC(=O)C(O)[C@H]1[C@H](C)C[C@H]2[C@@H]3C[C@H](F)C4=CC(=O)C=C[C@]4(C)[C@H]3[C@@H](O)C[C@@]21C. The molecule has 0 aliphatic heterocycles. The normalized spacial score (nSPS) is 46.0. The average molecular weight is 449 g/mol. The number of rotatable bonds is 5. The van der Waals surface area contributed by atoms with Crippen LogP contribution in [0.1, 0.15) is 59.8 Å². The van der Waals surface area contributed by atoms with Gasteiger partial charge in [0.2, 0.25) is 0 Å². The van der Waals surface area contributed by atoms with Crippen LogP contribution in [0, 0.1) is 40.4 Å². The number of alkyl halides is 1. The molecule has 0 aromatic rings. The third-order valence-electron chi connectivity index (χ3n) is 9.24. The lowest BCUT2D eigenvalue weighted by Gasteiger charge is -2.59. The zero-order valence-electron chi connectivity index (χ0n) is 19.6. The summed E-state index contributed by atoms with van der Waals surface area (Å²) < 4.78 is 20.7. The lowest BCUT2D eigenvalue weighted by molar-refractivity contribution is -0.168. The van der Waals surface area contributed by atoms with Crippen molar-refractivity contribution in [3.63, 3.8) is 0 Å². The number of hydrogen-bond donors (Lipinski definition) is 2. The van der Waals surface area contributed by atoms with Gasteiger partial charge < -0.3 is 14.9 Å². The van der Waals surface area contributed by atoms with E-state index < -0.39 is 35.2 Å². The van der Waals surface area contributed by atoms with Gasteiger partial charge in [0.1, 0.15) is 6.17 Å². The van der Waals surface area contributed by atoms with E-state index in [-0.39, 0.29) is 41.8 Å². The molecule has 0 aromatic carbocycles. The molecule has 0 aromatic heterocycles. The van der Waals surface area contributed by atoms with Crippen molar-refractivity contribution < 1.29 is 28.9 Å². The van der Waals surface area contributed by atoms with Crippen LogP contribution in [0.5, 0.6) is 0 Å². The number of carbonyl (C=O) groups is 2. The number of aliphatic hydroxyl groups is 2. The molecule has 0 radical (unpaired) electrons. The molecule has 1 unspecified atom stereocenters. The predicted octanol–water partition coefficient (Wildman–Crippen LogP) is 3.78. The average Bonchev–Trinajstić information content (AvgIpc) is 2.98. The highest BCUT2D eigenvalue weighted by atomic mass is 19.1.